The molecule has 7 heteroatoms. The van der Waals surface area contributed by atoms with E-state index in [0.717, 1.165) is 12.0 Å². The second kappa shape index (κ2) is 7.05. The number of fused-ring (bicyclic) bond motifs is 7. The van der Waals surface area contributed by atoms with Crippen LogP contribution in [0.25, 0.3) is 0 Å². The van der Waals surface area contributed by atoms with Crippen LogP contribution in [0.4, 0.5) is 4.39 Å². The molecule has 0 aromatic heterocycles. The topological polar surface area (TPSA) is 93.1 Å². The number of ether oxygens (including phenoxy) is 2. The van der Waals surface area contributed by atoms with Crippen molar-refractivity contribution in [1.82, 2.24) is 0 Å². The lowest BCUT2D eigenvalue weighted by atomic mass is 9.44. The normalized spacial score (nSPS) is 51.5. The van der Waals surface area contributed by atoms with Gasteiger partial charge in [-0.05, 0) is 57.1 Å². The fourth-order valence-corrected chi connectivity index (χ4v) is 8.01. The maximum atomic E-state index is 17.2. The maximum Gasteiger partial charge on any atom is 0.193 e. The first-order valence-electron chi connectivity index (χ1n) is 11.9. The summed E-state index contributed by atoms with van der Waals surface area (Å²) in [6, 6.07) is 0. The summed E-state index contributed by atoms with van der Waals surface area (Å²) < 4.78 is 29.7. The number of halogens is 1. The Balaban J connectivity index is 1.60. The summed E-state index contributed by atoms with van der Waals surface area (Å²) in [6.07, 6.45) is 5.03. The summed E-state index contributed by atoms with van der Waals surface area (Å²) in [4.78, 5) is 25.2. The lowest BCUT2D eigenvalue weighted by molar-refractivity contribution is -0.231. The van der Waals surface area contributed by atoms with Crippen LogP contribution in [0.2, 0.25) is 0 Å². The Kier molecular flexibility index (Phi) is 4.93. The molecule has 5 aliphatic rings. The molecular weight excluding hydrogens is 415 g/mol. The third kappa shape index (κ3) is 2.43. The van der Waals surface area contributed by atoms with E-state index in [1.807, 2.05) is 13.8 Å². The maximum absolute atomic E-state index is 17.2. The van der Waals surface area contributed by atoms with E-state index in [1.54, 1.807) is 13.0 Å². The van der Waals surface area contributed by atoms with Crippen molar-refractivity contribution in [2.75, 3.05) is 6.61 Å². The fraction of sp³-hybridized carbons (Fsp3) is 0.760. The highest BCUT2D eigenvalue weighted by Gasteiger charge is 2.79. The minimum Gasteiger partial charge on any atom is -0.390 e. The Bertz CT molecular complexity index is 914. The van der Waals surface area contributed by atoms with Crippen LogP contribution in [0.1, 0.15) is 59.3 Å². The molecule has 3 saturated carbocycles. The van der Waals surface area contributed by atoms with Gasteiger partial charge >= 0.3 is 0 Å². The molecule has 0 radical (unpaired) electrons. The van der Waals surface area contributed by atoms with Gasteiger partial charge in [0.05, 0.1) is 12.2 Å². The van der Waals surface area contributed by atoms with Gasteiger partial charge in [-0.3, -0.25) is 9.59 Å². The summed E-state index contributed by atoms with van der Waals surface area (Å²) in [7, 11) is 0. The van der Waals surface area contributed by atoms with Gasteiger partial charge < -0.3 is 19.7 Å². The van der Waals surface area contributed by atoms with E-state index in [-0.39, 0.29) is 18.1 Å². The third-order valence-corrected chi connectivity index (χ3v) is 9.52. The van der Waals surface area contributed by atoms with Gasteiger partial charge in [0.2, 0.25) is 0 Å². The molecule has 2 unspecified atom stereocenters. The number of ketones is 2. The van der Waals surface area contributed by atoms with Crippen LogP contribution in [-0.4, -0.2) is 58.2 Å². The highest BCUT2D eigenvalue weighted by Crippen LogP contribution is 2.71. The summed E-state index contributed by atoms with van der Waals surface area (Å²) >= 11 is 0. The minimum absolute atomic E-state index is 0.0275. The highest BCUT2D eigenvalue weighted by atomic mass is 19.1. The molecule has 2 N–H and O–H groups in total. The first-order chi connectivity index (χ1) is 15.1. The smallest absolute Gasteiger partial charge is 0.193 e. The molecule has 0 aromatic carbocycles. The number of hydrogen-bond donors (Lipinski definition) is 2. The molecule has 0 amide bonds. The Morgan fingerprint density at radius 2 is 2.06 bits per heavy atom. The van der Waals surface area contributed by atoms with Gasteiger partial charge in [-0.1, -0.05) is 31.9 Å². The van der Waals surface area contributed by atoms with Gasteiger partial charge in [0.15, 0.2) is 29.1 Å². The van der Waals surface area contributed by atoms with Crippen LogP contribution in [0.15, 0.2) is 23.8 Å². The summed E-state index contributed by atoms with van der Waals surface area (Å²) in [5.74, 6) is -1.39. The first-order valence-corrected chi connectivity index (χ1v) is 11.9. The van der Waals surface area contributed by atoms with E-state index in [4.69, 9.17) is 9.47 Å². The summed E-state index contributed by atoms with van der Waals surface area (Å²) in [5, 5.41) is 21.3. The highest BCUT2D eigenvalue weighted by molar-refractivity contribution is 6.01. The van der Waals surface area contributed by atoms with Gasteiger partial charge in [-0.15, -0.1) is 0 Å². The zero-order valence-corrected chi connectivity index (χ0v) is 19.0. The van der Waals surface area contributed by atoms with Crippen molar-refractivity contribution < 1.29 is 33.7 Å². The van der Waals surface area contributed by atoms with Crippen LogP contribution < -0.4 is 0 Å². The van der Waals surface area contributed by atoms with Crippen LogP contribution in [-0.2, 0) is 19.1 Å². The Morgan fingerprint density at radius 3 is 2.75 bits per heavy atom. The van der Waals surface area contributed by atoms with Crippen molar-refractivity contribution in [2.45, 2.75) is 89.1 Å². The lowest BCUT2D eigenvalue weighted by Gasteiger charge is -2.62. The fourth-order valence-electron chi connectivity index (χ4n) is 8.01. The van der Waals surface area contributed by atoms with E-state index in [1.165, 1.54) is 12.2 Å². The second-order valence-electron chi connectivity index (χ2n) is 10.8. The van der Waals surface area contributed by atoms with E-state index >= 15 is 4.39 Å². The molecule has 1 heterocycles. The van der Waals surface area contributed by atoms with Crippen molar-refractivity contribution in [3.63, 3.8) is 0 Å². The molecule has 4 aliphatic carbocycles. The van der Waals surface area contributed by atoms with Crippen LogP contribution in [0.5, 0.6) is 0 Å². The number of aliphatic hydroxyl groups excluding tert-OH is 2. The molecule has 5 rings (SSSR count). The second-order valence-corrected chi connectivity index (χ2v) is 10.8. The molecule has 1 saturated heterocycles. The van der Waals surface area contributed by atoms with Crippen molar-refractivity contribution in [2.24, 2.45) is 22.7 Å². The predicted octanol–water partition coefficient (Wildman–Crippen LogP) is 2.81. The average molecular weight is 449 g/mol. The summed E-state index contributed by atoms with van der Waals surface area (Å²) in [5.41, 5.74) is -4.58. The lowest BCUT2D eigenvalue weighted by Crippen LogP contribution is -2.69. The van der Waals surface area contributed by atoms with Crippen LogP contribution >= 0.6 is 0 Å². The van der Waals surface area contributed by atoms with Crippen molar-refractivity contribution in [1.29, 1.82) is 0 Å². The Morgan fingerprint density at radius 1 is 1.31 bits per heavy atom. The van der Waals surface area contributed by atoms with E-state index in [2.05, 4.69) is 0 Å². The molecule has 176 valence electrons. The molecule has 0 aromatic rings. The average Bonchev–Trinajstić information content (AvgIpc) is 3.22. The zero-order valence-electron chi connectivity index (χ0n) is 19.0. The molecule has 6 nitrogen and oxygen atoms in total. The molecule has 32 heavy (non-hydrogen) atoms. The molecule has 0 spiro atoms. The molecule has 9 atom stereocenters. The monoisotopic (exact) mass is 448 g/mol. The van der Waals surface area contributed by atoms with Gasteiger partial charge in [-0.25, -0.2) is 4.39 Å². The number of carbonyl (C=O) groups is 2. The Labute approximate surface area is 187 Å². The molecule has 4 fully saturated rings. The summed E-state index contributed by atoms with van der Waals surface area (Å²) in [6.45, 7) is 5.00. The molecule has 0 bridgehead atoms. The number of alkyl halides is 1. The van der Waals surface area contributed by atoms with Gasteiger partial charge in [0.25, 0.3) is 0 Å². The van der Waals surface area contributed by atoms with E-state index in [0.29, 0.717) is 25.7 Å². The number of hydrogen-bond acceptors (Lipinski definition) is 6. The van der Waals surface area contributed by atoms with Gasteiger partial charge in [0.1, 0.15) is 6.61 Å². The van der Waals surface area contributed by atoms with Gasteiger partial charge in [-0.2, -0.15) is 0 Å². The van der Waals surface area contributed by atoms with Crippen molar-refractivity contribution >= 4 is 11.6 Å². The SMILES string of the molecule is CCCC1O[C@@H]2C[C@H]3[C@@H]4CCC5=CC(=O)C=C[C@]5(C)[C@@]4(F)C(O)C[C@]3(C)[C@]2(C(=O)CO)O1. The molecule has 1 aliphatic heterocycles. The zero-order chi connectivity index (χ0) is 23.1. The van der Waals surface area contributed by atoms with Crippen molar-refractivity contribution in [3.05, 3.63) is 23.8 Å². The third-order valence-electron chi connectivity index (χ3n) is 9.52. The van der Waals surface area contributed by atoms with Crippen LogP contribution in [0.3, 0.4) is 0 Å². The number of aliphatic hydroxyl groups is 2. The minimum atomic E-state index is -1.97. The molecular formula is C25H33FO6. The largest absolute Gasteiger partial charge is 0.390 e. The van der Waals surface area contributed by atoms with Crippen LogP contribution in [0, 0.1) is 22.7 Å². The quantitative estimate of drug-likeness (QED) is 0.687. The number of allylic oxidation sites excluding steroid dienone is 4. The van der Waals surface area contributed by atoms with E-state index < -0.39 is 58.9 Å². The number of Topliss-reactive ketones (excluding diaryl/α,β-unsaturated/α-hetero) is 1. The Hall–Kier alpha value is -1.41. The first kappa shape index (κ1) is 22.4. The van der Waals surface area contributed by atoms with E-state index in [9.17, 15) is 19.8 Å². The number of carbonyl (C=O) groups excluding carboxylic acids is 2. The predicted molar refractivity (Wildman–Crippen MR) is 113 cm³/mol. The van der Waals surface area contributed by atoms with Crippen molar-refractivity contribution in [3.8, 4) is 0 Å². The standard InChI is InChI=1S/C25H33FO6/c1-4-5-21-31-20-11-17-16-7-6-14-10-15(28)8-9-22(14,2)24(16,26)18(29)12-23(17,3)25(20,32-21)19(30)13-27/h8-10,16-18,20-21,27,29H,4-7,11-13H2,1-3H3/t16-,17-,18?,20+,21?,22-,23-,24-,25+/m0/s1. The number of rotatable bonds is 4. The van der Waals surface area contributed by atoms with Gasteiger partial charge in [0, 0.05) is 16.7 Å².